The highest BCUT2D eigenvalue weighted by Crippen LogP contribution is 2.42. The smallest absolute Gasteiger partial charge is 0.345 e. The molecule has 2 amide bonds. The minimum absolute atomic E-state index is 0.0694. The van der Waals surface area contributed by atoms with Crippen LogP contribution in [0.2, 0.25) is 20.1 Å². The van der Waals surface area contributed by atoms with Crippen molar-refractivity contribution in [3.8, 4) is 0 Å². The number of halogens is 11. The number of benzene rings is 2. The van der Waals surface area contributed by atoms with Crippen molar-refractivity contribution in [2.24, 2.45) is 0 Å². The first-order chi connectivity index (χ1) is 17.4. The van der Waals surface area contributed by atoms with Crippen LogP contribution in [-0.4, -0.2) is 36.8 Å². The van der Waals surface area contributed by atoms with Crippen LogP contribution in [0.5, 0.6) is 0 Å². The molecular weight excluding hydrogens is 611 g/mol. The molecule has 0 aromatic heterocycles. The molecule has 0 bridgehead atoms. The third-order valence-electron chi connectivity index (χ3n) is 5.01. The zero-order valence-corrected chi connectivity index (χ0v) is 22.0. The lowest BCUT2D eigenvalue weighted by Crippen LogP contribution is -2.48. The fraction of sp³-hybridized carbons (Fsp3) is 0.304. The third kappa shape index (κ3) is 8.65. The summed E-state index contributed by atoms with van der Waals surface area (Å²) in [6.45, 7) is -0.173. The summed E-state index contributed by atoms with van der Waals surface area (Å²) in [6, 6.07) is 3.27. The SMILES string of the molecule is CCC(NC(=O)c1ccc(/C(F)=C/C(c2cc(Cl)c(Cl)c(Cl)c2)C(F)(F)F)cc1Cl)C(=O)NCC(F)(F)F. The average Bonchev–Trinajstić information content (AvgIpc) is 2.80. The summed E-state index contributed by atoms with van der Waals surface area (Å²) in [5, 5.41) is 2.73. The largest absolute Gasteiger partial charge is 0.405 e. The highest BCUT2D eigenvalue weighted by molar-refractivity contribution is 6.48. The lowest BCUT2D eigenvalue weighted by atomic mass is 9.96. The first-order valence-corrected chi connectivity index (χ1v) is 12.0. The molecular formula is C23H17Cl4F7N2O2. The maximum atomic E-state index is 14.9. The molecule has 0 saturated carbocycles. The van der Waals surface area contributed by atoms with Crippen LogP contribution in [0.4, 0.5) is 30.7 Å². The molecule has 15 heteroatoms. The van der Waals surface area contributed by atoms with Crippen LogP contribution in [0.15, 0.2) is 36.4 Å². The summed E-state index contributed by atoms with van der Waals surface area (Å²) < 4.78 is 93.1. The van der Waals surface area contributed by atoms with Crippen molar-refractivity contribution >= 4 is 64.0 Å². The highest BCUT2D eigenvalue weighted by atomic mass is 35.5. The zero-order valence-electron chi connectivity index (χ0n) is 19.0. The Morgan fingerprint density at radius 3 is 2.00 bits per heavy atom. The molecule has 38 heavy (non-hydrogen) atoms. The molecule has 0 fully saturated rings. The molecule has 0 radical (unpaired) electrons. The van der Waals surface area contributed by atoms with Crippen molar-refractivity contribution in [2.75, 3.05) is 6.54 Å². The van der Waals surface area contributed by atoms with Gasteiger partial charge in [-0.2, -0.15) is 26.3 Å². The van der Waals surface area contributed by atoms with E-state index in [1.54, 1.807) is 5.32 Å². The van der Waals surface area contributed by atoms with Gasteiger partial charge in [0.05, 0.1) is 25.7 Å². The van der Waals surface area contributed by atoms with Crippen LogP contribution in [-0.2, 0) is 4.79 Å². The summed E-state index contributed by atoms with van der Waals surface area (Å²) in [5.41, 5.74) is -1.20. The van der Waals surface area contributed by atoms with E-state index < -0.39 is 64.6 Å². The summed E-state index contributed by atoms with van der Waals surface area (Å²) in [7, 11) is 0. The molecule has 0 heterocycles. The third-order valence-corrected chi connectivity index (χ3v) is 6.52. The van der Waals surface area contributed by atoms with Crippen molar-refractivity contribution in [3.05, 3.63) is 73.2 Å². The molecule has 2 N–H and O–H groups in total. The quantitative estimate of drug-likeness (QED) is 0.229. The Bertz CT molecular complexity index is 1210. The normalized spacial score (nSPS) is 14.2. The predicted octanol–water partition coefficient (Wildman–Crippen LogP) is 8.14. The Balaban J connectivity index is 2.30. The number of carbonyl (C=O) groups is 2. The number of carbonyl (C=O) groups excluding carboxylic acids is 2. The highest BCUT2D eigenvalue weighted by Gasteiger charge is 2.40. The Morgan fingerprint density at radius 2 is 1.53 bits per heavy atom. The topological polar surface area (TPSA) is 58.2 Å². The van der Waals surface area contributed by atoms with Gasteiger partial charge in [0.2, 0.25) is 5.91 Å². The molecule has 2 unspecified atom stereocenters. The van der Waals surface area contributed by atoms with Gasteiger partial charge in [-0.25, -0.2) is 4.39 Å². The van der Waals surface area contributed by atoms with Gasteiger partial charge < -0.3 is 10.6 Å². The van der Waals surface area contributed by atoms with Gasteiger partial charge in [-0.1, -0.05) is 59.4 Å². The second-order valence-corrected chi connectivity index (χ2v) is 9.39. The van der Waals surface area contributed by atoms with Gasteiger partial charge in [0.25, 0.3) is 5.91 Å². The summed E-state index contributed by atoms with van der Waals surface area (Å²) in [6.07, 6.45) is -9.42. The van der Waals surface area contributed by atoms with Gasteiger partial charge in [0, 0.05) is 5.56 Å². The van der Waals surface area contributed by atoms with E-state index in [9.17, 15) is 40.3 Å². The van der Waals surface area contributed by atoms with E-state index in [0.29, 0.717) is 0 Å². The molecule has 208 valence electrons. The van der Waals surface area contributed by atoms with E-state index in [1.165, 1.54) is 6.92 Å². The maximum absolute atomic E-state index is 14.9. The van der Waals surface area contributed by atoms with Crippen molar-refractivity contribution in [1.82, 2.24) is 10.6 Å². The van der Waals surface area contributed by atoms with Crippen molar-refractivity contribution in [2.45, 2.75) is 37.7 Å². The van der Waals surface area contributed by atoms with Crippen molar-refractivity contribution in [1.29, 1.82) is 0 Å². The van der Waals surface area contributed by atoms with Crippen molar-refractivity contribution in [3.63, 3.8) is 0 Å². The second kappa shape index (κ2) is 12.8. The minimum Gasteiger partial charge on any atom is -0.345 e. The molecule has 2 rings (SSSR count). The van der Waals surface area contributed by atoms with E-state index in [2.05, 4.69) is 5.32 Å². The Labute approximate surface area is 232 Å². The van der Waals surface area contributed by atoms with Crippen LogP contribution < -0.4 is 10.6 Å². The fourth-order valence-electron chi connectivity index (χ4n) is 3.12. The van der Waals surface area contributed by atoms with Crippen LogP contribution in [0, 0.1) is 0 Å². The molecule has 0 aliphatic rings. The first kappa shape index (κ1) is 32.0. The van der Waals surface area contributed by atoms with E-state index >= 15 is 0 Å². The number of rotatable bonds is 8. The number of amides is 2. The molecule has 2 atom stereocenters. The molecule has 0 spiro atoms. The lowest BCUT2D eigenvalue weighted by Gasteiger charge is -2.19. The lowest BCUT2D eigenvalue weighted by molar-refractivity contribution is -0.139. The number of hydrogen-bond acceptors (Lipinski definition) is 2. The average molecular weight is 628 g/mol. The summed E-state index contributed by atoms with van der Waals surface area (Å²) in [5.74, 6) is -5.89. The molecule has 0 aliphatic heterocycles. The Kier molecular flexibility index (Phi) is 10.7. The van der Waals surface area contributed by atoms with E-state index in [-0.39, 0.29) is 33.1 Å². The van der Waals surface area contributed by atoms with Crippen LogP contribution >= 0.6 is 46.4 Å². The van der Waals surface area contributed by atoms with Gasteiger partial charge in [-0.15, -0.1) is 0 Å². The van der Waals surface area contributed by atoms with Gasteiger partial charge in [0.1, 0.15) is 24.3 Å². The Morgan fingerprint density at radius 1 is 0.947 bits per heavy atom. The van der Waals surface area contributed by atoms with Gasteiger partial charge >= 0.3 is 12.4 Å². The van der Waals surface area contributed by atoms with E-state index in [4.69, 9.17) is 46.4 Å². The van der Waals surface area contributed by atoms with E-state index in [0.717, 1.165) is 30.3 Å². The summed E-state index contributed by atoms with van der Waals surface area (Å²) in [4.78, 5) is 24.5. The number of hydrogen-bond donors (Lipinski definition) is 2. The van der Waals surface area contributed by atoms with Crippen LogP contribution in [0.3, 0.4) is 0 Å². The summed E-state index contributed by atoms with van der Waals surface area (Å²) >= 11 is 23.4. The molecule has 2 aromatic rings. The predicted molar refractivity (Wildman–Crippen MR) is 131 cm³/mol. The van der Waals surface area contributed by atoms with Gasteiger partial charge in [0.15, 0.2) is 0 Å². The number of alkyl halides is 6. The molecule has 2 aromatic carbocycles. The first-order valence-electron chi connectivity index (χ1n) is 10.5. The standard InChI is InChI=1S/C23H17Cl4F7N2O2/c1-2-18(21(38)35-9-22(29,30)31)36-20(37)12-4-3-10(5-14(12)24)17(28)8-13(23(32,33)34)11-6-15(25)19(27)16(26)7-11/h3-8,13,18H,2,9H2,1H3,(H,35,38)(H,36,37)/b17-8-. The van der Waals surface area contributed by atoms with E-state index in [1.807, 2.05) is 0 Å². The van der Waals surface area contributed by atoms with Crippen LogP contribution in [0.1, 0.15) is 40.7 Å². The van der Waals surface area contributed by atoms with Crippen LogP contribution in [0.25, 0.3) is 5.83 Å². The zero-order chi connectivity index (χ0) is 29.0. The molecule has 4 nitrogen and oxygen atoms in total. The molecule has 0 aliphatic carbocycles. The van der Waals surface area contributed by atoms with Gasteiger partial charge in [-0.05, 0) is 42.3 Å². The number of nitrogens with one attached hydrogen (secondary N) is 2. The van der Waals surface area contributed by atoms with Gasteiger partial charge in [-0.3, -0.25) is 9.59 Å². The minimum atomic E-state index is -4.96. The maximum Gasteiger partial charge on any atom is 0.405 e. The second-order valence-electron chi connectivity index (χ2n) is 7.79. The fourth-order valence-corrected chi connectivity index (χ4v) is 4.00. The monoisotopic (exact) mass is 626 g/mol. The van der Waals surface area contributed by atoms with Crippen molar-refractivity contribution < 1.29 is 40.3 Å². The number of allylic oxidation sites excluding steroid dienone is 1. The Hall–Kier alpha value is -2.21. The molecule has 0 saturated heterocycles.